The third-order valence-corrected chi connectivity index (χ3v) is 9.86. The molecule has 4 aromatic rings. The molecule has 0 heterocycles. The van der Waals surface area contributed by atoms with Crippen molar-refractivity contribution in [3.05, 3.63) is 131 Å². The molecule has 0 amide bonds. The van der Waals surface area contributed by atoms with Crippen LogP contribution in [0.3, 0.4) is 0 Å². The van der Waals surface area contributed by atoms with Crippen LogP contribution in [0.25, 0.3) is 0 Å². The minimum Gasteiger partial charge on any atom is -0.223 e. The largest absolute Gasteiger partial charge is 0.223 e. The van der Waals surface area contributed by atoms with E-state index in [1.54, 1.807) is 60.7 Å². The van der Waals surface area contributed by atoms with E-state index in [4.69, 9.17) is 0 Å². The van der Waals surface area contributed by atoms with Gasteiger partial charge in [0.25, 0.3) is 0 Å². The van der Waals surface area contributed by atoms with Crippen molar-refractivity contribution in [2.45, 2.75) is 48.3 Å². The highest BCUT2D eigenvalue weighted by molar-refractivity contribution is 7.92. The zero-order chi connectivity index (χ0) is 32.5. The fourth-order valence-electron chi connectivity index (χ4n) is 4.37. The lowest BCUT2D eigenvalue weighted by atomic mass is 10.1. The standard InChI is InChI=1S/C40H34O4S2/c41-45(42,39-29-11-7-12-30-39)33-19-27-37-25-17-15-23-35(37)21-9-5-3-1-2-4-6-10-22-36-24-16-18-26-38(36)28-20-34-46(43,44)40-31-13-8-14-32-40/h7-8,11-18,23-26,29-32H,1-6,33-34H2. The van der Waals surface area contributed by atoms with Gasteiger partial charge in [-0.25, -0.2) is 16.8 Å². The van der Waals surface area contributed by atoms with Crippen LogP contribution in [0.1, 0.15) is 60.8 Å². The maximum atomic E-state index is 12.5. The van der Waals surface area contributed by atoms with Crippen molar-refractivity contribution in [3.63, 3.8) is 0 Å². The predicted octanol–water partition coefficient (Wildman–Crippen LogP) is 7.08. The lowest BCUT2D eigenvalue weighted by Crippen LogP contribution is -2.04. The molecule has 0 atom stereocenters. The van der Waals surface area contributed by atoms with Crippen LogP contribution in [0, 0.1) is 47.4 Å². The van der Waals surface area contributed by atoms with E-state index < -0.39 is 19.7 Å². The van der Waals surface area contributed by atoms with E-state index in [9.17, 15) is 16.8 Å². The monoisotopic (exact) mass is 642 g/mol. The Labute approximate surface area is 274 Å². The predicted molar refractivity (Wildman–Crippen MR) is 185 cm³/mol. The highest BCUT2D eigenvalue weighted by Gasteiger charge is 2.12. The molecule has 0 unspecified atom stereocenters. The number of sulfone groups is 2. The van der Waals surface area contributed by atoms with Gasteiger partial charge in [0.05, 0.1) is 9.79 Å². The van der Waals surface area contributed by atoms with E-state index in [0.717, 1.165) is 60.8 Å². The first-order valence-corrected chi connectivity index (χ1v) is 18.3. The molecule has 230 valence electrons. The molecule has 4 aromatic carbocycles. The molecule has 0 saturated carbocycles. The van der Waals surface area contributed by atoms with Crippen LogP contribution in [-0.2, 0) is 19.7 Å². The van der Waals surface area contributed by atoms with Crippen molar-refractivity contribution in [1.29, 1.82) is 0 Å². The number of rotatable bonds is 9. The molecular formula is C40H34O4S2. The number of benzene rings is 4. The minimum atomic E-state index is -3.45. The van der Waals surface area contributed by atoms with E-state index in [-0.39, 0.29) is 21.3 Å². The molecule has 0 spiro atoms. The van der Waals surface area contributed by atoms with Gasteiger partial charge in [-0.1, -0.05) is 121 Å². The summed E-state index contributed by atoms with van der Waals surface area (Å²) in [5.41, 5.74) is 3.04. The van der Waals surface area contributed by atoms with Gasteiger partial charge in [0.2, 0.25) is 0 Å². The number of hydrogen-bond acceptors (Lipinski definition) is 4. The molecule has 0 radical (unpaired) electrons. The zero-order valence-electron chi connectivity index (χ0n) is 25.5. The van der Waals surface area contributed by atoms with E-state index in [0.29, 0.717) is 0 Å². The van der Waals surface area contributed by atoms with Crippen molar-refractivity contribution in [2.75, 3.05) is 11.5 Å². The van der Waals surface area contributed by atoms with Gasteiger partial charge < -0.3 is 0 Å². The van der Waals surface area contributed by atoms with E-state index in [1.165, 1.54) is 0 Å². The Morgan fingerprint density at radius 2 is 0.674 bits per heavy atom. The summed E-state index contributed by atoms with van der Waals surface area (Å²) in [5.74, 6) is 23.9. The number of unbranched alkanes of at least 4 members (excludes halogenated alkanes) is 5. The van der Waals surface area contributed by atoms with Crippen LogP contribution < -0.4 is 0 Å². The molecule has 6 heteroatoms. The van der Waals surface area contributed by atoms with Crippen LogP contribution in [0.4, 0.5) is 0 Å². The molecule has 4 rings (SSSR count). The fourth-order valence-corrected chi connectivity index (χ4v) is 6.37. The summed E-state index contributed by atoms with van der Waals surface area (Å²) in [6.45, 7) is 0. The zero-order valence-corrected chi connectivity index (χ0v) is 27.1. The van der Waals surface area contributed by atoms with Crippen LogP contribution in [0.15, 0.2) is 119 Å². The molecule has 0 bridgehead atoms. The van der Waals surface area contributed by atoms with Gasteiger partial charge in [-0.05, 0) is 61.4 Å². The van der Waals surface area contributed by atoms with Gasteiger partial charge in [0, 0.05) is 35.1 Å². The first-order valence-electron chi connectivity index (χ1n) is 15.0. The van der Waals surface area contributed by atoms with Gasteiger partial charge in [-0.3, -0.25) is 0 Å². The Bertz CT molecular complexity index is 1930. The maximum Gasteiger partial charge on any atom is 0.189 e. The van der Waals surface area contributed by atoms with E-state index in [2.05, 4.69) is 47.4 Å². The second-order valence-electron chi connectivity index (χ2n) is 10.4. The molecule has 0 aromatic heterocycles. The summed E-state index contributed by atoms with van der Waals surface area (Å²) >= 11 is 0. The average Bonchev–Trinajstić information content (AvgIpc) is 3.07. The van der Waals surface area contributed by atoms with E-state index in [1.807, 2.05) is 48.5 Å². The SMILES string of the molecule is O=S(=O)(CC#Cc1ccccc1C#CCCCCCCC#Cc1ccccc1C#CCS(=O)(=O)c1ccccc1)c1ccccc1. The third kappa shape index (κ3) is 10.9. The van der Waals surface area contributed by atoms with E-state index >= 15 is 0 Å². The minimum absolute atomic E-state index is 0.245. The highest BCUT2D eigenvalue weighted by Crippen LogP contribution is 2.12. The summed E-state index contributed by atoms with van der Waals surface area (Å²) < 4.78 is 49.9. The fraction of sp³-hybridized carbons (Fsp3) is 0.200. The maximum absolute atomic E-state index is 12.5. The molecule has 0 N–H and O–H groups in total. The van der Waals surface area contributed by atoms with Crippen LogP contribution in [-0.4, -0.2) is 28.3 Å². The van der Waals surface area contributed by atoms with Crippen molar-refractivity contribution in [1.82, 2.24) is 0 Å². The Balaban J connectivity index is 1.20. The molecule has 0 aliphatic carbocycles. The topological polar surface area (TPSA) is 68.3 Å². The molecule has 0 aliphatic heterocycles. The Kier molecular flexibility index (Phi) is 12.9. The van der Waals surface area contributed by atoms with Gasteiger partial charge in [-0.15, -0.1) is 0 Å². The van der Waals surface area contributed by atoms with Gasteiger partial charge in [0.1, 0.15) is 11.5 Å². The molecular weight excluding hydrogens is 609 g/mol. The van der Waals surface area contributed by atoms with Gasteiger partial charge in [-0.2, -0.15) is 0 Å². The van der Waals surface area contributed by atoms with Crippen molar-refractivity contribution >= 4 is 19.7 Å². The van der Waals surface area contributed by atoms with Gasteiger partial charge >= 0.3 is 0 Å². The summed E-state index contributed by atoms with van der Waals surface area (Å²) in [6, 6.07) is 31.7. The second-order valence-corrected chi connectivity index (χ2v) is 14.3. The second kappa shape index (κ2) is 17.5. The lowest BCUT2D eigenvalue weighted by molar-refractivity contribution is 0.597. The van der Waals surface area contributed by atoms with Crippen LogP contribution in [0.2, 0.25) is 0 Å². The lowest BCUT2D eigenvalue weighted by Gasteiger charge is -1.99. The van der Waals surface area contributed by atoms with Crippen molar-refractivity contribution in [2.24, 2.45) is 0 Å². The molecule has 0 saturated heterocycles. The van der Waals surface area contributed by atoms with Crippen molar-refractivity contribution < 1.29 is 16.8 Å². The first kappa shape index (κ1) is 33.9. The summed E-state index contributed by atoms with van der Waals surface area (Å²) in [4.78, 5) is 0.540. The summed E-state index contributed by atoms with van der Waals surface area (Å²) in [6.07, 6.45) is 5.59. The number of hydrogen-bond donors (Lipinski definition) is 0. The highest BCUT2D eigenvalue weighted by atomic mass is 32.2. The smallest absolute Gasteiger partial charge is 0.189 e. The Morgan fingerprint density at radius 3 is 1.02 bits per heavy atom. The molecule has 0 aliphatic rings. The Morgan fingerprint density at radius 1 is 0.370 bits per heavy atom. The van der Waals surface area contributed by atoms with Crippen molar-refractivity contribution in [3.8, 4) is 47.4 Å². The molecule has 4 nitrogen and oxygen atoms in total. The first-order chi connectivity index (χ1) is 22.4. The quantitative estimate of drug-likeness (QED) is 0.145. The summed E-state index contributed by atoms with van der Waals surface area (Å²) in [5, 5.41) is 0. The van der Waals surface area contributed by atoms with Crippen LogP contribution >= 0.6 is 0 Å². The molecule has 46 heavy (non-hydrogen) atoms. The summed E-state index contributed by atoms with van der Waals surface area (Å²) in [7, 11) is -6.91. The average molecular weight is 643 g/mol. The van der Waals surface area contributed by atoms with Gasteiger partial charge in [0.15, 0.2) is 19.7 Å². The third-order valence-electron chi connectivity index (χ3n) is 6.83. The molecule has 0 fully saturated rings. The normalized spacial score (nSPS) is 10.5. The van der Waals surface area contributed by atoms with Crippen LogP contribution in [0.5, 0.6) is 0 Å². The Hall–Kier alpha value is -4.98.